The van der Waals surface area contributed by atoms with Gasteiger partial charge in [0, 0.05) is 5.92 Å². The van der Waals surface area contributed by atoms with Crippen molar-refractivity contribution in [2.45, 2.75) is 37.5 Å². The number of thioether (sulfide) groups is 1. The number of aliphatic hydroxyl groups excluding tert-OH is 1. The minimum Gasteiger partial charge on any atom is -0.393 e. The van der Waals surface area contributed by atoms with Crippen LogP contribution in [0.3, 0.4) is 0 Å². The van der Waals surface area contributed by atoms with Crippen LogP contribution < -0.4 is 0 Å². The van der Waals surface area contributed by atoms with Crippen molar-refractivity contribution in [3.05, 3.63) is 11.7 Å². The van der Waals surface area contributed by atoms with Crippen LogP contribution in [0.2, 0.25) is 0 Å². The molecule has 1 aliphatic carbocycles. The van der Waals surface area contributed by atoms with Gasteiger partial charge in [-0.15, -0.1) is 0 Å². The van der Waals surface area contributed by atoms with Crippen molar-refractivity contribution in [1.82, 2.24) is 10.1 Å². The summed E-state index contributed by atoms with van der Waals surface area (Å²) in [6.45, 7) is 2.11. The number of aliphatic hydroxyl groups is 1. The molecule has 2 rings (SSSR count). The quantitative estimate of drug-likeness (QED) is 0.824. The van der Waals surface area contributed by atoms with E-state index >= 15 is 0 Å². The summed E-state index contributed by atoms with van der Waals surface area (Å²) in [6.07, 6.45) is 1.37. The van der Waals surface area contributed by atoms with E-state index in [0.717, 1.165) is 30.2 Å². The van der Waals surface area contributed by atoms with E-state index in [1.807, 2.05) is 0 Å². The van der Waals surface area contributed by atoms with Gasteiger partial charge in [0.05, 0.1) is 11.9 Å². The zero-order valence-corrected chi connectivity index (χ0v) is 8.96. The van der Waals surface area contributed by atoms with Crippen molar-refractivity contribution >= 4 is 11.8 Å². The summed E-state index contributed by atoms with van der Waals surface area (Å²) in [5.41, 5.74) is 0. The first kappa shape index (κ1) is 9.98. The molecule has 0 aromatic carbocycles. The molecule has 0 atom stereocenters. The Morgan fingerprint density at radius 1 is 1.57 bits per heavy atom. The molecular weight excluding hydrogens is 200 g/mol. The summed E-state index contributed by atoms with van der Waals surface area (Å²) >= 11 is 1.78. The van der Waals surface area contributed by atoms with Crippen molar-refractivity contribution < 1.29 is 9.63 Å². The molecule has 14 heavy (non-hydrogen) atoms. The van der Waals surface area contributed by atoms with Crippen LogP contribution in [-0.2, 0) is 5.75 Å². The molecule has 1 N–H and O–H groups in total. The van der Waals surface area contributed by atoms with Crippen LogP contribution in [0.1, 0.15) is 37.4 Å². The SMILES string of the molecule is CCSCc1noc(C2CC(O)C2)n1. The molecule has 1 aromatic heterocycles. The maximum absolute atomic E-state index is 9.13. The average molecular weight is 214 g/mol. The molecule has 1 fully saturated rings. The normalized spacial score (nSPS) is 26.1. The van der Waals surface area contributed by atoms with Gasteiger partial charge in [0.2, 0.25) is 5.89 Å². The van der Waals surface area contributed by atoms with Gasteiger partial charge in [-0.25, -0.2) is 0 Å². The first-order chi connectivity index (χ1) is 6.79. The topological polar surface area (TPSA) is 59.2 Å². The molecule has 0 saturated heterocycles. The lowest BCUT2D eigenvalue weighted by Gasteiger charge is -2.27. The van der Waals surface area contributed by atoms with Gasteiger partial charge in [-0.2, -0.15) is 16.7 Å². The Bertz CT molecular complexity index is 297. The molecule has 1 aliphatic rings. The fraction of sp³-hybridized carbons (Fsp3) is 0.778. The van der Waals surface area contributed by atoms with Gasteiger partial charge in [-0.05, 0) is 18.6 Å². The molecule has 78 valence electrons. The molecule has 4 nitrogen and oxygen atoms in total. The van der Waals surface area contributed by atoms with E-state index in [1.165, 1.54) is 0 Å². The zero-order chi connectivity index (χ0) is 9.97. The summed E-state index contributed by atoms with van der Waals surface area (Å²) in [6, 6.07) is 0. The lowest BCUT2D eigenvalue weighted by Crippen LogP contribution is -2.26. The largest absolute Gasteiger partial charge is 0.393 e. The van der Waals surface area contributed by atoms with Gasteiger partial charge in [0.15, 0.2) is 5.82 Å². The first-order valence-electron chi connectivity index (χ1n) is 4.88. The van der Waals surface area contributed by atoms with E-state index in [-0.39, 0.29) is 12.0 Å². The summed E-state index contributed by atoms with van der Waals surface area (Å²) in [5.74, 6) is 3.63. The Morgan fingerprint density at radius 3 is 3.00 bits per heavy atom. The predicted octanol–water partition coefficient (Wildman–Crippen LogP) is 1.56. The lowest BCUT2D eigenvalue weighted by molar-refractivity contribution is 0.0625. The molecule has 0 aliphatic heterocycles. The van der Waals surface area contributed by atoms with Gasteiger partial charge in [0.1, 0.15) is 0 Å². The molecule has 0 spiro atoms. The van der Waals surface area contributed by atoms with Crippen molar-refractivity contribution in [2.75, 3.05) is 5.75 Å². The minimum absolute atomic E-state index is 0.166. The Kier molecular flexibility index (Phi) is 3.08. The highest BCUT2D eigenvalue weighted by atomic mass is 32.2. The summed E-state index contributed by atoms with van der Waals surface area (Å²) < 4.78 is 5.13. The fourth-order valence-electron chi connectivity index (χ4n) is 1.47. The molecule has 1 aromatic rings. The number of nitrogens with zero attached hydrogens (tertiary/aromatic N) is 2. The average Bonchev–Trinajstić information content (AvgIpc) is 2.58. The van der Waals surface area contributed by atoms with E-state index in [4.69, 9.17) is 9.63 Å². The van der Waals surface area contributed by atoms with E-state index in [0.29, 0.717) is 5.89 Å². The summed E-state index contributed by atoms with van der Waals surface area (Å²) in [7, 11) is 0. The van der Waals surface area contributed by atoms with Crippen molar-refractivity contribution in [3.63, 3.8) is 0 Å². The molecular formula is C9H14N2O2S. The number of rotatable bonds is 4. The van der Waals surface area contributed by atoms with Crippen molar-refractivity contribution in [2.24, 2.45) is 0 Å². The van der Waals surface area contributed by atoms with E-state index < -0.39 is 0 Å². The van der Waals surface area contributed by atoms with Crippen LogP contribution in [0.25, 0.3) is 0 Å². The van der Waals surface area contributed by atoms with Crippen LogP contribution in [-0.4, -0.2) is 27.1 Å². The zero-order valence-electron chi connectivity index (χ0n) is 8.14. The van der Waals surface area contributed by atoms with Crippen molar-refractivity contribution in [1.29, 1.82) is 0 Å². The van der Waals surface area contributed by atoms with Gasteiger partial charge in [-0.3, -0.25) is 0 Å². The summed E-state index contributed by atoms with van der Waals surface area (Å²) in [4.78, 5) is 4.29. The predicted molar refractivity (Wildman–Crippen MR) is 54.1 cm³/mol. The minimum atomic E-state index is -0.166. The van der Waals surface area contributed by atoms with Gasteiger partial charge < -0.3 is 9.63 Å². The standard InChI is InChI=1S/C9H14N2O2S/c1-2-14-5-8-10-9(13-11-8)6-3-7(12)4-6/h6-7,12H,2-5H2,1H3. The highest BCUT2D eigenvalue weighted by Crippen LogP contribution is 2.35. The van der Waals surface area contributed by atoms with Gasteiger partial charge in [-0.1, -0.05) is 12.1 Å². The molecule has 5 heteroatoms. The Morgan fingerprint density at radius 2 is 2.36 bits per heavy atom. The number of hydrogen-bond donors (Lipinski definition) is 1. The fourth-order valence-corrected chi connectivity index (χ4v) is 1.98. The highest BCUT2D eigenvalue weighted by Gasteiger charge is 2.32. The Balaban J connectivity index is 1.90. The third kappa shape index (κ3) is 2.09. The van der Waals surface area contributed by atoms with Crippen LogP contribution in [0.5, 0.6) is 0 Å². The van der Waals surface area contributed by atoms with Crippen LogP contribution in [0.4, 0.5) is 0 Å². The third-order valence-corrected chi connectivity index (χ3v) is 3.25. The second-order valence-electron chi connectivity index (χ2n) is 3.51. The Hall–Kier alpha value is -0.550. The first-order valence-corrected chi connectivity index (χ1v) is 6.03. The second-order valence-corrected chi connectivity index (χ2v) is 4.78. The van der Waals surface area contributed by atoms with Crippen LogP contribution in [0, 0.1) is 0 Å². The molecule has 0 bridgehead atoms. The van der Waals surface area contributed by atoms with Gasteiger partial charge in [0.25, 0.3) is 0 Å². The second kappa shape index (κ2) is 4.31. The smallest absolute Gasteiger partial charge is 0.229 e. The van der Waals surface area contributed by atoms with Crippen LogP contribution >= 0.6 is 11.8 Å². The molecule has 1 saturated carbocycles. The van der Waals surface area contributed by atoms with Gasteiger partial charge >= 0.3 is 0 Å². The maximum atomic E-state index is 9.13. The monoisotopic (exact) mass is 214 g/mol. The lowest BCUT2D eigenvalue weighted by atomic mass is 9.82. The maximum Gasteiger partial charge on any atom is 0.229 e. The van der Waals surface area contributed by atoms with E-state index in [9.17, 15) is 0 Å². The number of aromatic nitrogens is 2. The molecule has 0 amide bonds. The van der Waals surface area contributed by atoms with E-state index in [1.54, 1.807) is 11.8 Å². The highest BCUT2D eigenvalue weighted by molar-refractivity contribution is 7.98. The summed E-state index contributed by atoms with van der Waals surface area (Å²) in [5, 5.41) is 13.0. The molecule has 0 unspecified atom stereocenters. The molecule has 0 radical (unpaired) electrons. The molecule has 1 heterocycles. The van der Waals surface area contributed by atoms with Crippen molar-refractivity contribution in [3.8, 4) is 0 Å². The third-order valence-electron chi connectivity index (χ3n) is 2.38. The Labute approximate surface area is 87.1 Å². The number of hydrogen-bond acceptors (Lipinski definition) is 5. The van der Waals surface area contributed by atoms with Crippen LogP contribution in [0.15, 0.2) is 4.52 Å². The van der Waals surface area contributed by atoms with E-state index in [2.05, 4.69) is 17.1 Å².